The molecule has 0 saturated carbocycles. The lowest BCUT2D eigenvalue weighted by atomic mass is 9.69. The number of carbonyl (C=O) groups is 2. The average molecular weight is 475 g/mol. The van der Waals surface area contributed by atoms with Crippen molar-refractivity contribution in [3.05, 3.63) is 83.2 Å². The minimum atomic E-state index is -1.19. The predicted molar refractivity (Wildman–Crippen MR) is 123 cm³/mol. The molecular weight excluding hydrogens is 453 g/mol. The largest absolute Gasteiger partial charge is 0.478 e. The van der Waals surface area contributed by atoms with E-state index in [0.717, 1.165) is 16.8 Å². The Hall–Kier alpha value is -4.07. The highest BCUT2D eigenvalue weighted by Gasteiger charge is 2.58. The van der Waals surface area contributed by atoms with Gasteiger partial charge in [0.05, 0.1) is 13.2 Å². The molecule has 0 radical (unpaired) electrons. The number of anilines is 1. The number of fused-ring (bicyclic) bond motifs is 5. The van der Waals surface area contributed by atoms with Crippen molar-refractivity contribution >= 4 is 17.6 Å². The summed E-state index contributed by atoms with van der Waals surface area (Å²) < 4.78 is 36.0. The zero-order valence-corrected chi connectivity index (χ0v) is 19.0. The molecule has 0 fully saturated rings. The zero-order chi connectivity index (χ0) is 24.2. The van der Waals surface area contributed by atoms with E-state index in [2.05, 4.69) is 0 Å². The van der Waals surface area contributed by atoms with E-state index in [9.17, 15) is 14.0 Å². The average Bonchev–Trinajstić information content (AvgIpc) is 3.41. The minimum Gasteiger partial charge on any atom is -0.478 e. The zero-order valence-electron chi connectivity index (χ0n) is 19.0. The molecule has 0 saturated heterocycles. The fourth-order valence-corrected chi connectivity index (χ4v) is 5.22. The van der Waals surface area contributed by atoms with E-state index in [4.69, 9.17) is 18.9 Å². The molecule has 7 nitrogen and oxygen atoms in total. The van der Waals surface area contributed by atoms with Crippen molar-refractivity contribution in [2.75, 3.05) is 18.3 Å². The molecule has 0 unspecified atom stereocenters. The Balaban J connectivity index is 1.52. The monoisotopic (exact) mass is 475 g/mol. The molecule has 2 atom stereocenters. The summed E-state index contributed by atoms with van der Waals surface area (Å²) in [7, 11) is 0. The fraction of sp³-hybridized carbons (Fsp3) is 0.259. The van der Waals surface area contributed by atoms with Crippen molar-refractivity contribution in [3.8, 4) is 17.2 Å². The van der Waals surface area contributed by atoms with Crippen LogP contribution in [0, 0.1) is 5.82 Å². The van der Waals surface area contributed by atoms with Crippen LogP contribution in [-0.4, -0.2) is 31.4 Å². The molecule has 3 aliphatic rings. The van der Waals surface area contributed by atoms with Crippen LogP contribution in [0.15, 0.2) is 60.7 Å². The van der Waals surface area contributed by atoms with Crippen LogP contribution in [0.1, 0.15) is 30.0 Å². The first-order valence-corrected chi connectivity index (χ1v) is 11.4. The number of ether oxygens (including phenoxy) is 4. The van der Waals surface area contributed by atoms with Gasteiger partial charge in [0.1, 0.15) is 17.0 Å². The number of hydrogen-bond donors (Lipinski definition) is 0. The molecule has 3 aromatic carbocycles. The summed E-state index contributed by atoms with van der Waals surface area (Å²) >= 11 is 0. The summed E-state index contributed by atoms with van der Waals surface area (Å²) in [6.07, 6.45) is -0.903. The number of esters is 1. The number of hydrogen-bond acceptors (Lipinski definition) is 6. The van der Waals surface area contributed by atoms with Crippen LogP contribution < -0.4 is 19.1 Å². The van der Waals surface area contributed by atoms with E-state index < -0.39 is 17.5 Å². The van der Waals surface area contributed by atoms with Crippen LogP contribution in [0.3, 0.4) is 0 Å². The van der Waals surface area contributed by atoms with Crippen LogP contribution in [-0.2, 0) is 26.3 Å². The lowest BCUT2D eigenvalue weighted by molar-refractivity contribution is -0.153. The lowest BCUT2D eigenvalue weighted by Crippen LogP contribution is -2.49. The van der Waals surface area contributed by atoms with Crippen LogP contribution in [0.25, 0.3) is 0 Å². The molecule has 1 amide bonds. The quantitative estimate of drug-likeness (QED) is 0.529. The van der Waals surface area contributed by atoms with E-state index in [1.165, 1.54) is 12.1 Å². The first-order valence-electron chi connectivity index (χ1n) is 11.4. The third-order valence-corrected chi connectivity index (χ3v) is 6.76. The fourth-order valence-electron chi connectivity index (χ4n) is 5.22. The number of para-hydroxylation sites is 1. The predicted octanol–water partition coefficient (Wildman–Crippen LogP) is 4.10. The van der Waals surface area contributed by atoms with Crippen molar-refractivity contribution in [2.45, 2.75) is 31.4 Å². The van der Waals surface area contributed by atoms with Gasteiger partial charge in [0.2, 0.25) is 12.7 Å². The second kappa shape index (κ2) is 8.01. The summed E-state index contributed by atoms with van der Waals surface area (Å²) in [5.41, 5.74) is 1.70. The van der Waals surface area contributed by atoms with Crippen LogP contribution >= 0.6 is 0 Å². The molecule has 3 aromatic rings. The molecule has 1 spiro atoms. The summed E-state index contributed by atoms with van der Waals surface area (Å²) in [4.78, 5) is 28.9. The van der Waals surface area contributed by atoms with Gasteiger partial charge in [0.25, 0.3) is 0 Å². The van der Waals surface area contributed by atoms with Gasteiger partial charge in [0, 0.05) is 23.7 Å². The van der Waals surface area contributed by atoms with Gasteiger partial charge in [0.15, 0.2) is 17.6 Å². The number of carbonyl (C=O) groups excluding carboxylic acids is 2. The van der Waals surface area contributed by atoms with Crippen molar-refractivity contribution < 1.29 is 32.9 Å². The SMILES string of the molecule is CCOC(=O)[C@@H]1C[C@@]2(C(=O)N(Cc3ccc(F)cc3)c3ccccc32)c2cc3c(cc2O1)OCO3. The molecule has 0 N–H and O–H groups in total. The van der Waals surface area contributed by atoms with Crippen LogP contribution in [0.4, 0.5) is 10.1 Å². The maximum Gasteiger partial charge on any atom is 0.347 e. The van der Waals surface area contributed by atoms with Crippen molar-refractivity contribution in [1.82, 2.24) is 0 Å². The highest BCUT2D eigenvalue weighted by molar-refractivity contribution is 6.11. The maximum absolute atomic E-state index is 14.4. The summed E-state index contributed by atoms with van der Waals surface area (Å²) in [5, 5.41) is 0. The summed E-state index contributed by atoms with van der Waals surface area (Å²) in [5.74, 6) is 0.322. The van der Waals surface area contributed by atoms with Gasteiger partial charge in [-0.2, -0.15) is 0 Å². The van der Waals surface area contributed by atoms with Crippen molar-refractivity contribution in [1.29, 1.82) is 0 Å². The Morgan fingerprint density at radius 3 is 2.57 bits per heavy atom. The standard InChI is InChI=1S/C27H22FNO6/c1-2-32-25(30)24-13-27(19-11-22-23(34-15-33-22)12-21(19)35-24)18-5-3-4-6-20(18)29(26(27)31)14-16-7-9-17(28)10-8-16/h3-12,24H,2,13-15H2,1H3/t24-,27-/m0/s1. The molecule has 0 aromatic heterocycles. The maximum atomic E-state index is 14.4. The molecule has 6 rings (SSSR count). The number of halogens is 1. The van der Waals surface area contributed by atoms with Gasteiger partial charge in [-0.3, -0.25) is 4.79 Å². The number of amides is 1. The molecule has 8 heteroatoms. The Kier molecular flexibility index (Phi) is 4.91. The Morgan fingerprint density at radius 2 is 1.80 bits per heavy atom. The number of benzene rings is 3. The summed E-state index contributed by atoms with van der Waals surface area (Å²) in [6, 6.07) is 17.0. The van der Waals surface area contributed by atoms with Gasteiger partial charge in [-0.15, -0.1) is 0 Å². The van der Waals surface area contributed by atoms with Crippen molar-refractivity contribution in [3.63, 3.8) is 0 Å². The van der Waals surface area contributed by atoms with E-state index in [-0.39, 0.29) is 38.1 Å². The van der Waals surface area contributed by atoms with Crippen LogP contribution in [0.5, 0.6) is 17.2 Å². The van der Waals surface area contributed by atoms with E-state index >= 15 is 0 Å². The second-order valence-electron chi connectivity index (χ2n) is 8.70. The van der Waals surface area contributed by atoms with Gasteiger partial charge >= 0.3 is 5.97 Å². The first-order chi connectivity index (χ1) is 17.0. The third-order valence-electron chi connectivity index (χ3n) is 6.76. The Bertz CT molecular complexity index is 1340. The minimum absolute atomic E-state index is 0.0633. The van der Waals surface area contributed by atoms with E-state index in [0.29, 0.717) is 22.8 Å². The van der Waals surface area contributed by atoms with Gasteiger partial charge in [-0.05, 0) is 42.3 Å². The smallest absolute Gasteiger partial charge is 0.347 e. The normalized spacial score (nSPS) is 21.5. The van der Waals surface area contributed by atoms with Gasteiger partial charge in [-0.1, -0.05) is 30.3 Å². The molecule has 35 heavy (non-hydrogen) atoms. The summed E-state index contributed by atoms with van der Waals surface area (Å²) in [6.45, 7) is 2.24. The molecule has 3 heterocycles. The van der Waals surface area contributed by atoms with Gasteiger partial charge in [-0.25, -0.2) is 9.18 Å². The molecule has 0 bridgehead atoms. The second-order valence-corrected chi connectivity index (χ2v) is 8.70. The third kappa shape index (κ3) is 3.24. The van der Waals surface area contributed by atoms with Gasteiger partial charge < -0.3 is 23.8 Å². The molecule has 178 valence electrons. The highest BCUT2D eigenvalue weighted by Crippen LogP contribution is 2.56. The topological polar surface area (TPSA) is 74.3 Å². The van der Waals surface area contributed by atoms with E-state index in [1.54, 1.807) is 36.1 Å². The lowest BCUT2D eigenvalue weighted by Gasteiger charge is -2.38. The molecular formula is C27H22FNO6. The molecule has 3 aliphatic heterocycles. The first kappa shape index (κ1) is 21.5. The van der Waals surface area contributed by atoms with Crippen LogP contribution in [0.2, 0.25) is 0 Å². The number of nitrogens with zero attached hydrogens (tertiary/aromatic N) is 1. The number of rotatable bonds is 4. The van der Waals surface area contributed by atoms with Crippen molar-refractivity contribution in [2.24, 2.45) is 0 Å². The Labute approximate surface area is 201 Å². The molecule has 0 aliphatic carbocycles. The van der Waals surface area contributed by atoms with E-state index in [1.807, 2.05) is 24.3 Å². The highest BCUT2D eigenvalue weighted by atomic mass is 19.1. The Morgan fingerprint density at radius 1 is 1.06 bits per heavy atom.